The Labute approximate surface area is 132 Å². The molecule has 7 heteroatoms. The van der Waals surface area contributed by atoms with Crippen LogP contribution in [0.4, 0.5) is 13.2 Å². The van der Waals surface area contributed by atoms with Crippen LogP contribution in [-0.2, 0) is 16.0 Å². The van der Waals surface area contributed by atoms with E-state index < -0.39 is 38.0 Å². The summed E-state index contributed by atoms with van der Waals surface area (Å²) in [6, 6.07) is 4.16. The lowest BCUT2D eigenvalue weighted by Crippen LogP contribution is -2.45. The van der Waals surface area contributed by atoms with Gasteiger partial charge in [0.05, 0.1) is 16.1 Å². The maximum absolute atomic E-state index is 12.6. The number of rotatable bonds is 2. The molecule has 3 rings (SSSR count). The van der Waals surface area contributed by atoms with Crippen LogP contribution in [0.2, 0.25) is 0 Å². The molecule has 0 saturated carbocycles. The number of fused-ring (bicyclic) bond motifs is 2. The van der Waals surface area contributed by atoms with Gasteiger partial charge < -0.3 is 0 Å². The average Bonchev–Trinajstić information content (AvgIpc) is 2.44. The summed E-state index contributed by atoms with van der Waals surface area (Å²) in [5.41, 5.74) is -0.572. The summed E-state index contributed by atoms with van der Waals surface area (Å²) < 4.78 is 62.1. The molecule has 0 spiro atoms. The van der Waals surface area contributed by atoms with Crippen LogP contribution in [0.5, 0.6) is 0 Å². The van der Waals surface area contributed by atoms with Gasteiger partial charge in [0.15, 0.2) is 15.6 Å². The molecule has 126 valence electrons. The van der Waals surface area contributed by atoms with Gasteiger partial charge in [0.1, 0.15) is 0 Å². The Bertz CT molecular complexity index is 687. The van der Waals surface area contributed by atoms with Crippen molar-refractivity contribution in [3.63, 3.8) is 0 Å². The van der Waals surface area contributed by atoms with E-state index in [2.05, 4.69) is 0 Å². The molecule has 2 heterocycles. The van der Waals surface area contributed by atoms with E-state index in [9.17, 15) is 26.4 Å². The predicted octanol–water partition coefficient (Wildman–Crippen LogP) is 3.63. The first-order valence-corrected chi connectivity index (χ1v) is 9.24. The second kappa shape index (κ2) is 5.61. The number of hydrogen-bond donors (Lipinski definition) is 0. The number of alkyl halides is 3. The number of Topliss-reactive ketones (excluding diaryl/α,β-unsaturated/α-hetero) is 1. The number of ketones is 1. The first kappa shape index (κ1) is 16.5. The van der Waals surface area contributed by atoms with Gasteiger partial charge in [0.2, 0.25) is 0 Å². The van der Waals surface area contributed by atoms with Crippen molar-refractivity contribution in [2.45, 2.75) is 48.8 Å². The molecule has 23 heavy (non-hydrogen) atoms. The Kier molecular flexibility index (Phi) is 4.02. The number of halogens is 3. The van der Waals surface area contributed by atoms with E-state index in [1.807, 2.05) is 0 Å². The zero-order chi connectivity index (χ0) is 16.8. The molecule has 0 amide bonds. The largest absolute Gasteiger partial charge is 0.416 e. The maximum atomic E-state index is 12.6. The van der Waals surface area contributed by atoms with Crippen LogP contribution in [0, 0.1) is 5.92 Å². The Morgan fingerprint density at radius 1 is 1.00 bits per heavy atom. The second-order valence-corrected chi connectivity index (χ2v) is 8.88. The molecule has 2 unspecified atom stereocenters. The third-order valence-corrected chi connectivity index (χ3v) is 7.66. The summed E-state index contributed by atoms with van der Waals surface area (Å²) in [6.45, 7) is 0. The number of hydrogen-bond acceptors (Lipinski definition) is 3. The molecule has 0 radical (unpaired) electrons. The summed E-state index contributed by atoms with van der Waals surface area (Å²) in [4.78, 5) is 12.5. The number of carbonyl (C=O) groups is 1. The van der Waals surface area contributed by atoms with Crippen LogP contribution in [-0.4, -0.2) is 24.7 Å². The summed E-state index contributed by atoms with van der Waals surface area (Å²) in [5, 5.41) is -0.947. The molecule has 2 aliphatic rings. The standard InChI is InChI=1S/C16H17F3O3S/c17-16(18,19)12-6-4-10(5-7-12)15(20)11-8-13-2-1-3-14(9-11)23(13,21)22/h4-7,11,13-14H,1-3,8-9H2. The van der Waals surface area contributed by atoms with Crippen LogP contribution >= 0.6 is 0 Å². The van der Waals surface area contributed by atoms with Crippen molar-refractivity contribution in [1.82, 2.24) is 0 Å². The fraction of sp³-hybridized carbons (Fsp3) is 0.562. The number of benzene rings is 1. The minimum atomic E-state index is -4.43. The van der Waals surface area contributed by atoms with Crippen molar-refractivity contribution in [1.29, 1.82) is 0 Å². The van der Waals surface area contributed by atoms with E-state index in [0.717, 1.165) is 18.6 Å². The van der Waals surface area contributed by atoms with Gasteiger partial charge in [-0.05, 0) is 37.8 Å². The van der Waals surface area contributed by atoms with Crippen molar-refractivity contribution >= 4 is 15.6 Å². The van der Waals surface area contributed by atoms with Crippen LogP contribution < -0.4 is 0 Å². The normalized spacial score (nSPS) is 30.0. The Balaban J connectivity index is 1.79. The van der Waals surface area contributed by atoms with E-state index in [-0.39, 0.29) is 11.3 Å². The van der Waals surface area contributed by atoms with Crippen molar-refractivity contribution in [3.8, 4) is 0 Å². The molecule has 0 N–H and O–H groups in total. The fourth-order valence-electron chi connectivity index (χ4n) is 3.68. The van der Waals surface area contributed by atoms with Crippen molar-refractivity contribution in [2.24, 2.45) is 5.92 Å². The minimum Gasteiger partial charge on any atom is -0.294 e. The van der Waals surface area contributed by atoms with Gasteiger partial charge in [0.25, 0.3) is 0 Å². The summed E-state index contributed by atoms with van der Waals surface area (Å²) in [7, 11) is -3.14. The summed E-state index contributed by atoms with van der Waals surface area (Å²) >= 11 is 0. The molecule has 0 aromatic heterocycles. The second-order valence-electron chi connectivity index (χ2n) is 6.37. The minimum absolute atomic E-state index is 0.223. The lowest BCUT2D eigenvalue weighted by Gasteiger charge is -2.38. The molecule has 3 nitrogen and oxygen atoms in total. The van der Waals surface area contributed by atoms with Crippen LogP contribution in [0.15, 0.2) is 24.3 Å². The quantitative estimate of drug-likeness (QED) is 0.769. The van der Waals surface area contributed by atoms with Crippen LogP contribution in [0.1, 0.15) is 48.0 Å². The van der Waals surface area contributed by atoms with Crippen LogP contribution in [0.25, 0.3) is 0 Å². The molecule has 1 aromatic rings. The van der Waals surface area contributed by atoms with Gasteiger partial charge in [-0.15, -0.1) is 0 Å². The molecule has 2 fully saturated rings. The van der Waals surface area contributed by atoms with Crippen LogP contribution in [0.3, 0.4) is 0 Å². The van der Waals surface area contributed by atoms with Crippen molar-refractivity contribution in [2.75, 3.05) is 0 Å². The van der Waals surface area contributed by atoms with Gasteiger partial charge in [-0.2, -0.15) is 13.2 Å². The first-order valence-electron chi connectivity index (χ1n) is 7.64. The van der Waals surface area contributed by atoms with E-state index >= 15 is 0 Å². The third-order valence-electron chi connectivity index (χ3n) is 4.94. The van der Waals surface area contributed by atoms with E-state index in [1.54, 1.807) is 0 Å². The molecular weight excluding hydrogens is 329 g/mol. The zero-order valence-electron chi connectivity index (χ0n) is 12.3. The van der Waals surface area contributed by atoms with Gasteiger partial charge in [-0.1, -0.05) is 18.6 Å². The van der Waals surface area contributed by atoms with Crippen molar-refractivity contribution in [3.05, 3.63) is 35.4 Å². The molecule has 2 bridgehead atoms. The first-order chi connectivity index (χ1) is 10.7. The van der Waals surface area contributed by atoms with E-state index in [1.165, 1.54) is 12.1 Å². The molecule has 2 saturated heterocycles. The monoisotopic (exact) mass is 346 g/mol. The molecular formula is C16H17F3O3S. The van der Waals surface area contributed by atoms with Crippen molar-refractivity contribution < 1.29 is 26.4 Å². The molecule has 1 aromatic carbocycles. The SMILES string of the molecule is O=C(c1ccc(C(F)(F)F)cc1)C1CC2CCCC(C1)S2(=O)=O. The average molecular weight is 346 g/mol. The van der Waals surface area contributed by atoms with Gasteiger partial charge in [0, 0.05) is 11.5 Å². The zero-order valence-corrected chi connectivity index (χ0v) is 13.2. The Hall–Kier alpha value is -1.37. The highest BCUT2D eigenvalue weighted by Crippen LogP contribution is 2.40. The van der Waals surface area contributed by atoms with Gasteiger partial charge >= 0.3 is 6.18 Å². The van der Waals surface area contributed by atoms with E-state index in [4.69, 9.17) is 0 Å². The van der Waals surface area contributed by atoms with Gasteiger partial charge in [-0.25, -0.2) is 8.42 Å². The number of carbonyl (C=O) groups excluding carboxylic acids is 1. The van der Waals surface area contributed by atoms with E-state index in [0.29, 0.717) is 25.7 Å². The Morgan fingerprint density at radius 3 is 2.00 bits per heavy atom. The van der Waals surface area contributed by atoms with Gasteiger partial charge in [-0.3, -0.25) is 4.79 Å². The smallest absolute Gasteiger partial charge is 0.294 e. The lowest BCUT2D eigenvalue weighted by atomic mass is 9.84. The molecule has 2 aliphatic heterocycles. The highest BCUT2D eigenvalue weighted by Gasteiger charge is 2.46. The third kappa shape index (κ3) is 3.03. The highest BCUT2D eigenvalue weighted by molar-refractivity contribution is 7.92. The maximum Gasteiger partial charge on any atom is 0.416 e. The number of sulfone groups is 1. The Morgan fingerprint density at radius 2 is 1.52 bits per heavy atom. The molecule has 2 atom stereocenters. The summed E-state index contributed by atoms with van der Waals surface area (Å²) in [6.07, 6.45) is -1.84. The fourth-order valence-corrected chi connectivity index (χ4v) is 6.22. The highest BCUT2D eigenvalue weighted by atomic mass is 32.2. The lowest BCUT2D eigenvalue weighted by molar-refractivity contribution is -0.137. The summed E-state index contributed by atoms with van der Waals surface area (Å²) in [5.74, 6) is -0.656. The predicted molar refractivity (Wildman–Crippen MR) is 78.8 cm³/mol. The topological polar surface area (TPSA) is 51.2 Å². The molecule has 0 aliphatic carbocycles.